The summed E-state index contributed by atoms with van der Waals surface area (Å²) in [5.41, 5.74) is 10.7. The third kappa shape index (κ3) is 2.66. The fourth-order valence-corrected chi connectivity index (χ4v) is 1.31. The molecule has 9 nitrogen and oxygen atoms in total. The maximum Gasteiger partial charge on any atom is 0.333 e. The summed E-state index contributed by atoms with van der Waals surface area (Å²) in [5.74, 6) is 10.8. The van der Waals surface area contributed by atoms with Gasteiger partial charge in [-0.3, -0.25) is 0 Å². The van der Waals surface area contributed by atoms with Gasteiger partial charge in [0.15, 0.2) is 0 Å². The third-order valence-electron chi connectivity index (χ3n) is 2.25. The Hall–Kier alpha value is -2.36. The number of urea groups is 2. The predicted molar refractivity (Wildman–Crippen MR) is 64.9 cm³/mol. The first kappa shape index (κ1) is 13.7. The van der Waals surface area contributed by atoms with E-state index in [1.807, 2.05) is 0 Å². The van der Waals surface area contributed by atoms with Crippen LogP contribution in [0, 0.1) is 0 Å². The first-order valence-electron chi connectivity index (χ1n) is 4.80. The van der Waals surface area contributed by atoms with Crippen molar-refractivity contribution in [3.63, 3.8) is 0 Å². The van der Waals surface area contributed by atoms with Gasteiger partial charge in [0, 0.05) is 5.56 Å². The van der Waals surface area contributed by atoms with Crippen molar-refractivity contribution in [2.75, 3.05) is 10.0 Å². The van der Waals surface area contributed by atoms with Crippen LogP contribution in [0.5, 0.6) is 0 Å². The highest BCUT2D eigenvalue weighted by Crippen LogP contribution is 2.24. The number of rotatable bonds is 3. The molecule has 9 N–H and O–H groups in total. The first-order valence-corrected chi connectivity index (χ1v) is 4.80. The molecule has 0 bridgehead atoms. The highest BCUT2D eigenvalue weighted by Gasteiger charge is 2.16. The molecule has 0 spiro atoms. The summed E-state index contributed by atoms with van der Waals surface area (Å²) in [4.78, 5) is 21.9. The number of primary amides is 2. The Kier molecular flexibility index (Phi) is 4.05. The number of hydrogen-bond acceptors (Lipinski definition) is 5. The average Bonchev–Trinajstić information content (AvgIpc) is 2.35. The number of anilines is 2. The van der Waals surface area contributed by atoms with Crippen LogP contribution in [0.1, 0.15) is 5.56 Å². The Balaban J connectivity index is 3.25. The topological polar surface area (TPSA) is 165 Å². The number of amides is 4. The molecule has 0 aliphatic heterocycles. The van der Waals surface area contributed by atoms with Crippen molar-refractivity contribution in [3.05, 3.63) is 23.8 Å². The highest BCUT2D eigenvalue weighted by molar-refractivity contribution is 5.93. The van der Waals surface area contributed by atoms with Gasteiger partial charge in [0.2, 0.25) is 0 Å². The summed E-state index contributed by atoms with van der Waals surface area (Å²) in [6.07, 6.45) is 0. The second-order valence-electron chi connectivity index (χ2n) is 3.39. The minimum atomic E-state index is -0.926. The molecule has 0 heterocycles. The molecular formula is C9H14N6O3. The largest absolute Gasteiger partial charge is 0.392 e. The molecule has 0 aromatic heterocycles. The van der Waals surface area contributed by atoms with E-state index in [9.17, 15) is 9.59 Å². The first-order chi connectivity index (χ1) is 8.38. The molecule has 0 saturated carbocycles. The molecule has 0 unspecified atom stereocenters. The van der Waals surface area contributed by atoms with Crippen LogP contribution in [0.4, 0.5) is 21.0 Å². The van der Waals surface area contributed by atoms with E-state index in [0.29, 0.717) is 15.6 Å². The summed E-state index contributed by atoms with van der Waals surface area (Å²) in [7, 11) is 0. The highest BCUT2D eigenvalue weighted by atomic mass is 16.3. The molecule has 0 fully saturated rings. The molecule has 1 rings (SSSR count). The smallest absolute Gasteiger partial charge is 0.333 e. The Bertz CT molecular complexity index is 477. The summed E-state index contributed by atoms with van der Waals surface area (Å²) in [6, 6.07) is 2.37. The van der Waals surface area contributed by atoms with Gasteiger partial charge in [-0.2, -0.15) is 0 Å². The fraction of sp³-hybridized carbons (Fsp3) is 0.111. The van der Waals surface area contributed by atoms with Gasteiger partial charge < -0.3 is 16.6 Å². The van der Waals surface area contributed by atoms with Crippen LogP contribution in [0.3, 0.4) is 0 Å². The molecule has 1 aromatic carbocycles. The number of hydrazine groups is 2. The number of nitrogens with two attached hydrogens (primary N) is 4. The average molecular weight is 254 g/mol. The van der Waals surface area contributed by atoms with Crippen molar-refractivity contribution < 1.29 is 14.7 Å². The molecule has 9 heteroatoms. The number of nitrogens with zero attached hydrogens (tertiary/aromatic N) is 2. The van der Waals surface area contributed by atoms with E-state index in [1.165, 1.54) is 18.2 Å². The van der Waals surface area contributed by atoms with Gasteiger partial charge in [-0.15, -0.1) is 0 Å². The lowest BCUT2D eigenvalue weighted by molar-refractivity contribution is 0.253. The van der Waals surface area contributed by atoms with E-state index in [0.717, 1.165) is 0 Å². The quantitative estimate of drug-likeness (QED) is 0.256. The lowest BCUT2D eigenvalue weighted by atomic mass is 10.1. The number of hydrogen-bond donors (Lipinski definition) is 5. The summed E-state index contributed by atoms with van der Waals surface area (Å²) in [6.45, 7) is -0.363. The molecule has 0 radical (unpaired) electrons. The van der Waals surface area contributed by atoms with E-state index in [2.05, 4.69) is 0 Å². The Morgan fingerprint density at radius 1 is 1.11 bits per heavy atom. The van der Waals surface area contributed by atoms with E-state index in [-0.39, 0.29) is 18.0 Å². The monoisotopic (exact) mass is 254 g/mol. The summed E-state index contributed by atoms with van der Waals surface area (Å²) in [5, 5.41) is 10.4. The van der Waals surface area contributed by atoms with Crippen molar-refractivity contribution in [3.8, 4) is 0 Å². The number of carbonyl (C=O) groups excluding carboxylic acids is 2. The third-order valence-corrected chi connectivity index (χ3v) is 2.25. The van der Waals surface area contributed by atoms with Crippen LogP contribution in [-0.2, 0) is 6.61 Å². The van der Waals surface area contributed by atoms with Crippen molar-refractivity contribution in [2.45, 2.75) is 6.61 Å². The maximum atomic E-state index is 11.0. The summed E-state index contributed by atoms with van der Waals surface area (Å²) >= 11 is 0. The van der Waals surface area contributed by atoms with Crippen molar-refractivity contribution in [1.29, 1.82) is 0 Å². The minimum absolute atomic E-state index is 0.124. The zero-order valence-electron chi connectivity index (χ0n) is 9.41. The van der Waals surface area contributed by atoms with Gasteiger partial charge in [-0.1, -0.05) is 6.07 Å². The van der Waals surface area contributed by atoms with Crippen LogP contribution >= 0.6 is 0 Å². The normalized spacial score (nSPS) is 9.94. The second kappa shape index (κ2) is 5.31. The Labute approximate surface area is 102 Å². The van der Waals surface area contributed by atoms with Gasteiger partial charge in [0.25, 0.3) is 0 Å². The predicted octanol–water partition coefficient (Wildman–Crippen LogP) is -1.30. The lowest BCUT2D eigenvalue weighted by Crippen LogP contribution is -2.43. The number of aliphatic hydroxyl groups excluding tert-OH is 1. The second-order valence-corrected chi connectivity index (χ2v) is 3.39. The summed E-state index contributed by atoms with van der Waals surface area (Å²) < 4.78 is 0. The molecular weight excluding hydrogens is 240 g/mol. The van der Waals surface area contributed by atoms with Crippen LogP contribution in [0.15, 0.2) is 18.2 Å². The molecule has 0 aliphatic rings. The van der Waals surface area contributed by atoms with Crippen molar-refractivity contribution in [2.24, 2.45) is 23.2 Å². The molecule has 0 aliphatic carbocycles. The zero-order chi connectivity index (χ0) is 13.9. The molecule has 0 atom stereocenters. The van der Waals surface area contributed by atoms with Gasteiger partial charge in [0.05, 0.1) is 18.0 Å². The Morgan fingerprint density at radius 3 is 2.11 bits per heavy atom. The van der Waals surface area contributed by atoms with Crippen LogP contribution in [-0.4, -0.2) is 17.2 Å². The van der Waals surface area contributed by atoms with Crippen LogP contribution < -0.4 is 33.2 Å². The van der Waals surface area contributed by atoms with Gasteiger partial charge in [0.1, 0.15) is 0 Å². The SMILES string of the molecule is NC(=O)N(N)c1ccc(CO)c(N(N)C(N)=O)c1. The van der Waals surface area contributed by atoms with Gasteiger partial charge in [-0.05, 0) is 12.1 Å². The van der Waals surface area contributed by atoms with Crippen molar-refractivity contribution >= 4 is 23.4 Å². The van der Waals surface area contributed by atoms with E-state index >= 15 is 0 Å². The number of aliphatic hydroxyl groups is 1. The van der Waals surface area contributed by atoms with Gasteiger partial charge >= 0.3 is 12.1 Å². The van der Waals surface area contributed by atoms with E-state index in [4.69, 9.17) is 28.3 Å². The lowest BCUT2D eigenvalue weighted by Gasteiger charge is -2.20. The molecule has 1 aromatic rings. The standard InChI is InChI=1S/C9H14N6O3/c10-8(17)14(12)6-2-1-5(4-16)7(3-6)15(13)9(11)18/h1-3,16H,4,12-13H2,(H2,10,17)(H2,11,18). The maximum absolute atomic E-state index is 11.0. The van der Waals surface area contributed by atoms with Gasteiger partial charge in [-0.25, -0.2) is 31.3 Å². The van der Waals surface area contributed by atoms with E-state index < -0.39 is 12.1 Å². The number of benzene rings is 1. The molecule has 4 amide bonds. The van der Waals surface area contributed by atoms with Crippen LogP contribution in [0.25, 0.3) is 0 Å². The molecule has 98 valence electrons. The Morgan fingerprint density at radius 2 is 1.67 bits per heavy atom. The molecule has 18 heavy (non-hydrogen) atoms. The van der Waals surface area contributed by atoms with Crippen LogP contribution in [0.2, 0.25) is 0 Å². The zero-order valence-corrected chi connectivity index (χ0v) is 9.41. The van der Waals surface area contributed by atoms with Crippen molar-refractivity contribution in [1.82, 2.24) is 0 Å². The minimum Gasteiger partial charge on any atom is -0.392 e. The fourth-order valence-electron chi connectivity index (χ4n) is 1.31. The number of carbonyl (C=O) groups is 2. The molecule has 0 saturated heterocycles. The van der Waals surface area contributed by atoms with E-state index in [1.54, 1.807) is 0 Å².